The fraction of sp³-hybridized carbons (Fsp3) is 0.391. The molecule has 2 aromatic carbocycles. The van der Waals surface area contributed by atoms with Crippen LogP contribution in [-0.2, 0) is 18.3 Å². The fourth-order valence-electron chi connectivity index (χ4n) is 4.17. The number of rotatable bonds is 5. The van der Waals surface area contributed by atoms with E-state index < -0.39 is 0 Å². The minimum absolute atomic E-state index is 0.0447. The van der Waals surface area contributed by atoms with Crippen molar-refractivity contribution in [3.63, 3.8) is 0 Å². The van der Waals surface area contributed by atoms with Gasteiger partial charge in [0, 0.05) is 25.5 Å². The Balaban J connectivity index is 1.50. The van der Waals surface area contributed by atoms with Crippen LogP contribution in [0.25, 0.3) is 10.9 Å². The molecular weight excluding hydrogens is 398 g/mol. The van der Waals surface area contributed by atoms with E-state index >= 15 is 0 Å². The van der Waals surface area contributed by atoms with E-state index in [1.54, 1.807) is 18.2 Å². The van der Waals surface area contributed by atoms with Crippen LogP contribution in [0.3, 0.4) is 0 Å². The molecule has 6 nitrogen and oxygen atoms in total. The third kappa shape index (κ3) is 4.33. The predicted octanol–water partition coefficient (Wildman–Crippen LogP) is 2.79. The number of aliphatic imine (C=N–C) groups is 1. The Morgan fingerprint density at radius 3 is 2.60 bits per heavy atom. The second-order valence-electron chi connectivity index (χ2n) is 8.47. The van der Waals surface area contributed by atoms with E-state index in [0.29, 0.717) is 22.7 Å². The van der Waals surface area contributed by atoms with Crippen molar-refractivity contribution >= 4 is 34.0 Å². The molecule has 0 atom stereocenters. The van der Waals surface area contributed by atoms with Gasteiger partial charge in [-0.3, -0.25) is 13.7 Å². The topological polar surface area (TPSA) is 66.7 Å². The predicted molar refractivity (Wildman–Crippen MR) is 119 cm³/mol. The molecule has 2 heterocycles. The summed E-state index contributed by atoms with van der Waals surface area (Å²) in [6.45, 7) is 2.61. The molecule has 1 aliphatic heterocycles. The highest BCUT2D eigenvalue weighted by atomic mass is 32.1. The van der Waals surface area contributed by atoms with Crippen molar-refractivity contribution in [3.8, 4) is 0 Å². The molecular formula is C23H27N3O3S. The van der Waals surface area contributed by atoms with Crippen molar-refractivity contribution in [3.05, 3.63) is 63.1 Å². The Morgan fingerprint density at radius 1 is 1.20 bits per heavy atom. The van der Waals surface area contributed by atoms with Crippen molar-refractivity contribution in [2.75, 3.05) is 27.3 Å². The van der Waals surface area contributed by atoms with E-state index in [1.165, 1.54) is 5.56 Å². The van der Waals surface area contributed by atoms with E-state index in [1.807, 2.05) is 35.3 Å². The molecule has 30 heavy (non-hydrogen) atoms. The molecule has 0 N–H and O–H groups in total. The van der Waals surface area contributed by atoms with Gasteiger partial charge < -0.3 is 14.3 Å². The van der Waals surface area contributed by atoms with Crippen LogP contribution < -0.4 is 9.85 Å². The number of quaternary nitrogens is 1. The molecule has 1 fully saturated rings. The molecule has 0 bridgehead atoms. The molecule has 0 spiro atoms. The molecule has 3 aromatic rings. The number of aryl methyl sites for hydroxylation is 1. The molecule has 7 heteroatoms. The lowest BCUT2D eigenvalue weighted by Gasteiger charge is -2.40. The summed E-state index contributed by atoms with van der Waals surface area (Å²) >= 11 is 1.13. The number of nitrogens with zero attached hydrogens (tertiary/aromatic N) is 3. The average molecular weight is 426 g/mol. The van der Waals surface area contributed by atoms with Crippen LogP contribution in [-0.4, -0.2) is 47.7 Å². The molecule has 1 aliphatic rings. The quantitative estimate of drug-likeness (QED) is 0.359. The Bertz CT molecular complexity index is 1120. The maximum Gasteiger partial charge on any atom is 0.257 e. The zero-order valence-corrected chi connectivity index (χ0v) is 18.4. The standard InChI is InChI=1S/C23H27N3O3S/c1-25-21-9-6-17(14-20(21)23(28)30-25)22(27)24-18-7-4-16(5-8-18)15-26(2,3)19-10-12-29-13-11-19/h4-9,14,19H,10-13,15H2,1-3H3. The van der Waals surface area contributed by atoms with Crippen molar-refractivity contribution in [2.24, 2.45) is 12.0 Å². The van der Waals surface area contributed by atoms with E-state index in [-0.39, 0.29) is 10.6 Å². The normalized spacial score (nSPS) is 16.3. The number of ether oxygens (including phenoxy) is 1. The molecule has 0 amide bonds. The van der Waals surface area contributed by atoms with Gasteiger partial charge in [0.05, 0.1) is 49.9 Å². The first-order chi connectivity index (χ1) is 14.3. The number of hydrogen-bond acceptors (Lipinski definition) is 5. The van der Waals surface area contributed by atoms with Gasteiger partial charge in [0.25, 0.3) is 4.74 Å². The van der Waals surface area contributed by atoms with Crippen LogP contribution in [0, 0.1) is 0 Å². The first kappa shape index (κ1) is 20.8. The fourth-order valence-corrected chi connectivity index (χ4v) is 4.94. The van der Waals surface area contributed by atoms with Gasteiger partial charge in [0.15, 0.2) is 0 Å². The molecule has 0 aliphatic carbocycles. The first-order valence-corrected chi connectivity index (χ1v) is 11.0. The van der Waals surface area contributed by atoms with Crippen LogP contribution in [0.1, 0.15) is 24.0 Å². The largest absolute Gasteiger partial charge is 0.858 e. The van der Waals surface area contributed by atoms with Crippen LogP contribution >= 0.6 is 11.5 Å². The second-order valence-corrected chi connectivity index (χ2v) is 9.57. The molecule has 0 saturated carbocycles. The Hall–Kier alpha value is -2.48. The lowest BCUT2D eigenvalue weighted by Crippen LogP contribution is -2.50. The maximum atomic E-state index is 12.6. The van der Waals surface area contributed by atoms with Crippen LogP contribution in [0.4, 0.5) is 5.69 Å². The number of aromatic nitrogens is 1. The molecule has 0 unspecified atom stereocenters. The minimum atomic E-state index is -0.337. The third-order valence-corrected chi connectivity index (χ3v) is 6.82. The van der Waals surface area contributed by atoms with Crippen molar-refractivity contribution < 1.29 is 14.3 Å². The van der Waals surface area contributed by atoms with Gasteiger partial charge in [-0.1, -0.05) is 18.2 Å². The van der Waals surface area contributed by atoms with Gasteiger partial charge >= 0.3 is 0 Å². The smallest absolute Gasteiger partial charge is 0.257 e. The molecule has 4 rings (SSSR count). The minimum Gasteiger partial charge on any atom is -0.858 e. The zero-order valence-electron chi connectivity index (χ0n) is 17.6. The van der Waals surface area contributed by atoms with Crippen molar-refractivity contribution in [2.45, 2.75) is 25.4 Å². The average Bonchev–Trinajstić information content (AvgIpc) is 3.03. The van der Waals surface area contributed by atoms with Crippen molar-refractivity contribution in [1.29, 1.82) is 0 Å². The lowest BCUT2D eigenvalue weighted by atomic mass is 10.0. The molecule has 1 aromatic heterocycles. The molecule has 158 valence electrons. The second kappa shape index (κ2) is 8.34. The summed E-state index contributed by atoms with van der Waals surface area (Å²) in [7, 11) is 6.37. The zero-order chi connectivity index (χ0) is 21.3. The maximum absolute atomic E-state index is 12.6. The Kier molecular flexibility index (Phi) is 5.77. The monoisotopic (exact) mass is 425 g/mol. The summed E-state index contributed by atoms with van der Waals surface area (Å²) in [4.78, 5) is 16.3. The van der Waals surface area contributed by atoms with E-state index in [0.717, 1.165) is 54.1 Å². The van der Waals surface area contributed by atoms with Gasteiger partial charge in [-0.05, 0) is 47.3 Å². The van der Waals surface area contributed by atoms with Gasteiger partial charge in [0.2, 0.25) is 0 Å². The van der Waals surface area contributed by atoms with Gasteiger partial charge in [0.1, 0.15) is 6.54 Å². The Morgan fingerprint density at radius 2 is 1.90 bits per heavy atom. The van der Waals surface area contributed by atoms with E-state index in [4.69, 9.17) is 4.74 Å². The Labute approximate surface area is 180 Å². The number of benzene rings is 2. The summed E-state index contributed by atoms with van der Waals surface area (Å²) in [5, 5.41) is 13.2. The van der Waals surface area contributed by atoms with E-state index in [9.17, 15) is 9.90 Å². The summed E-state index contributed by atoms with van der Waals surface area (Å²) in [5.74, 6) is -0.337. The highest BCUT2D eigenvalue weighted by Crippen LogP contribution is 2.24. The van der Waals surface area contributed by atoms with Gasteiger partial charge in [-0.2, -0.15) is 0 Å². The summed E-state index contributed by atoms with van der Waals surface area (Å²) in [5.41, 5.74) is 3.11. The lowest BCUT2D eigenvalue weighted by molar-refractivity contribution is -0.929. The van der Waals surface area contributed by atoms with Crippen LogP contribution in [0.15, 0.2) is 52.3 Å². The van der Waals surface area contributed by atoms with Gasteiger partial charge in [-0.25, -0.2) is 0 Å². The summed E-state index contributed by atoms with van der Waals surface area (Å²) < 4.78 is 8.18. The highest BCUT2D eigenvalue weighted by molar-refractivity contribution is 7.05. The number of hydrogen-bond donors (Lipinski definition) is 0. The van der Waals surface area contributed by atoms with E-state index in [2.05, 4.69) is 19.1 Å². The molecule has 1 saturated heterocycles. The van der Waals surface area contributed by atoms with Crippen LogP contribution in [0.5, 0.6) is 0 Å². The summed E-state index contributed by atoms with van der Waals surface area (Å²) in [6, 6.07) is 13.6. The van der Waals surface area contributed by atoms with Crippen molar-refractivity contribution in [1.82, 2.24) is 3.96 Å². The van der Waals surface area contributed by atoms with Crippen LogP contribution in [0.2, 0.25) is 0 Å². The SMILES string of the molecule is Cn1sc(=O)c2cc(C([O-])=Nc3ccc(C[N+](C)(C)C4CCOCC4)cc3)ccc21. The number of fused-ring (bicyclic) bond motifs is 1. The van der Waals surface area contributed by atoms with Gasteiger partial charge in [-0.15, -0.1) is 0 Å². The third-order valence-electron chi connectivity index (χ3n) is 5.96. The molecule has 0 radical (unpaired) electrons. The first-order valence-electron chi connectivity index (χ1n) is 10.2. The highest BCUT2D eigenvalue weighted by Gasteiger charge is 2.30. The summed E-state index contributed by atoms with van der Waals surface area (Å²) in [6.07, 6.45) is 2.18.